The molecule has 0 bridgehead atoms. The van der Waals surface area contributed by atoms with Crippen LogP contribution in [-0.4, -0.2) is 19.0 Å². The third-order valence-corrected chi connectivity index (χ3v) is 4.38. The number of amides is 1. The minimum Gasteiger partial charge on any atom is -0.489 e. The van der Waals surface area contributed by atoms with Crippen molar-refractivity contribution in [2.75, 3.05) is 12.4 Å². The quantitative estimate of drug-likeness (QED) is 0.450. The van der Waals surface area contributed by atoms with Gasteiger partial charge in [0.15, 0.2) is 0 Å². The van der Waals surface area contributed by atoms with Crippen LogP contribution in [0.15, 0.2) is 65.1 Å². The van der Waals surface area contributed by atoms with E-state index < -0.39 is 11.9 Å². The van der Waals surface area contributed by atoms with Crippen LogP contribution in [0.25, 0.3) is 6.08 Å². The van der Waals surface area contributed by atoms with Crippen molar-refractivity contribution in [3.05, 3.63) is 88.7 Å². The monoisotopic (exact) mass is 416 g/mol. The lowest BCUT2D eigenvalue weighted by atomic mass is 10.1. The first-order valence-electron chi connectivity index (χ1n) is 9.39. The third kappa shape index (κ3) is 5.40. The predicted octanol–water partition coefficient (Wildman–Crippen LogP) is 4.48. The van der Waals surface area contributed by atoms with Crippen LogP contribution in [-0.2, 0) is 16.1 Å². The molecule has 0 saturated heterocycles. The molecule has 0 spiro atoms. The normalized spacial score (nSPS) is 10.5. The zero-order chi connectivity index (χ0) is 22.2. The Morgan fingerprint density at radius 3 is 2.48 bits per heavy atom. The van der Waals surface area contributed by atoms with E-state index in [0.717, 1.165) is 11.1 Å². The first kappa shape index (κ1) is 21.4. The molecule has 0 fully saturated rings. The van der Waals surface area contributed by atoms with E-state index in [1.54, 1.807) is 6.08 Å². The summed E-state index contributed by atoms with van der Waals surface area (Å²) in [4.78, 5) is 24.0. The van der Waals surface area contributed by atoms with Gasteiger partial charge in [0.05, 0.1) is 7.11 Å². The average Bonchev–Trinajstić information content (AvgIpc) is 3.11. The van der Waals surface area contributed by atoms with Crippen LogP contribution in [0.1, 0.15) is 32.8 Å². The molecule has 0 atom stereocenters. The summed E-state index contributed by atoms with van der Waals surface area (Å²) < 4.78 is 15.7. The number of ether oxygens (including phenoxy) is 2. The lowest BCUT2D eigenvalue weighted by Gasteiger charge is -2.06. The number of methoxy groups -OCH3 is 1. The second-order valence-corrected chi connectivity index (χ2v) is 6.51. The highest BCUT2D eigenvalue weighted by atomic mass is 16.5. The highest BCUT2D eigenvalue weighted by Crippen LogP contribution is 2.27. The first-order valence-corrected chi connectivity index (χ1v) is 9.39. The number of furan rings is 1. The number of rotatable bonds is 7. The van der Waals surface area contributed by atoms with Crippen LogP contribution in [0.2, 0.25) is 0 Å². The van der Waals surface area contributed by atoms with Crippen molar-refractivity contribution in [3.63, 3.8) is 0 Å². The summed E-state index contributed by atoms with van der Waals surface area (Å²) in [5.41, 5.74) is 1.78. The number of aryl methyl sites for hydroxylation is 1. The molecule has 1 amide bonds. The number of nitrogens with one attached hydrogen (secondary N) is 1. The number of carbonyl (C=O) groups excluding carboxylic acids is 2. The lowest BCUT2D eigenvalue weighted by molar-refractivity contribution is -0.111. The number of benzene rings is 2. The number of hydrogen-bond acceptors (Lipinski definition) is 6. The van der Waals surface area contributed by atoms with E-state index in [4.69, 9.17) is 9.15 Å². The zero-order valence-electron chi connectivity index (χ0n) is 17.0. The Balaban J connectivity index is 1.61. The summed E-state index contributed by atoms with van der Waals surface area (Å²) in [7, 11) is 1.20. The van der Waals surface area contributed by atoms with Gasteiger partial charge in [-0.2, -0.15) is 5.26 Å². The van der Waals surface area contributed by atoms with Crippen LogP contribution < -0.4 is 10.1 Å². The van der Waals surface area contributed by atoms with Gasteiger partial charge in [0.1, 0.15) is 35.3 Å². The highest BCUT2D eigenvalue weighted by Gasteiger charge is 2.24. The summed E-state index contributed by atoms with van der Waals surface area (Å²) in [5.74, 6) is -0.409. The van der Waals surface area contributed by atoms with Crippen molar-refractivity contribution >= 4 is 23.8 Å². The molecule has 0 saturated carbocycles. The molecule has 1 heterocycles. The van der Waals surface area contributed by atoms with Crippen LogP contribution >= 0.6 is 0 Å². The van der Waals surface area contributed by atoms with Gasteiger partial charge < -0.3 is 13.9 Å². The van der Waals surface area contributed by atoms with Gasteiger partial charge in [-0.05, 0) is 36.3 Å². The molecule has 1 N–H and O–H groups in total. The Hall–Kier alpha value is -4.31. The van der Waals surface area contributed by atoms with Gasteiger partial charge in [0.25, 0.3) is 5.91 Å². The Kier molecular flexibility index (Phi) is 6.86. The average molecular weight is 416 g/mol. The van der Waals surface area contributed by atoms with Gasteiger partial charge in [0.2, 0.25) is 5.88 Å². The lowest BCUT2D eigenvalue weighted by Crippen LogP contribution is -2.09. The molecule has 0 aliphatic rings. The Labute approximate surface area is 179 Å². The number of hydrogen-bond donors (Lipinski definition) is 1. The molecule has 0 radical (unpaired) electrons. The van der Waals surface area contributed by atoms with Gasteiger partial charge in [0, 0.05) is 6.08 Å². The molecular formula is C24H20N2O5. The van der Waals surface area contributed by atoms with E-state index in [1.807, 2.05) is 60.7 Å². The van der Waals surface area contributed by atoms with Crippen molar-refractivity contribution in [2.24, 2.45) is 0 Å². The SMILES string of the molecule is COC(=O)c1c(C)oc(NC(=O)/C=C/c2ccc(OCc3ccccc3)cc2)c1C#N. The van der Waals surface area contributed by atoms with Gasteiger partial charge >= 0.3 is 5.97 Å². The maximum Gasteiger partial charge on any atom is 0.342 e. The standard InChI is InChI=1S/C24H20N2O5/c1-16-22(24(28)29-2)20(14-25)23(31-16)26-21(27)13-10-17-8-11-19(12-9-17)30-15-18-6-4-3-5-7-18/h3-13H,15H2,1-2H3,(H,26,27)/b13-10+. The van der Waals surface area contributed by atoms with Gasteiger partial charge in [-0.25, -0.2) is 4.79 Å². The van der Waals surface area contributed by atoms with Crippen molar-refractivity contribution < 1.29 is 23.5 Å². The van der Waals surface area contributed by atoms with Gasteiger partial charge in [-0.15, -0.1) is 0 Å². The fraction of sp³-hybridized carbons (Fsp3) is 0.125. The molecule has 2 aromatic carbocycles. The van der Waals surface area contributed by atoms with E-state index in [2.05, 4.69) is 10.1 Å². The van der Waals surface area contributed by atoms with Crippen molar-refractivity contribution in [2.45, 2.75) is 13.5 Å². The first-order chi connectivity index (χ1) is 15.0. The molecule has 156 valence electrons. The fourth-order valence-electron chi connectivity index (χ4n) is 2.83. The maximum absolute atomic E-state index is 12.2. The molecule has 1 aromatic heterocycles. The number of carbonyl (C=O) groups is 2. The van der Waals surface area contributed by atoms with E-state index in [0.29, 0.717) is 12.4 Å². The van der Waals surface area contributed by atoms with Crippen LogP contribution in [0.3, 0.4) is 0 Å². The Morgan fingerprint density at radius 1 is 1.13 bits per heavy atom. The number of nitrogens with zero attached hydrogens (tertiary/aromatic N) is 1. The fourth-order valence-corrected chi connectivity index (χ4v) is 2.83. The topological polar surface area (TPSA) is 102 Å². The van der Waals surface area contributed by atoms with Crippen molar-refractivity contribution in [3.8, 4) is 11.8 Å². The van der Waals surface area contributed by atoms with Crippen LogP contribution in [0.4, 0.5) is 5.88 Å². The summed E-state index contributed by atoms with van der Waals surface area (Å²) in [5, 5.41) is 11.8. The highest BCUT2D eigenvalue weighted by molar-refractivity contribution is 6.03. The number of esters is 1. The largest absolute Gasteiger partial charge is 0.489 e. The van der Waals surface area contributed by atoms with E-state index in [1.165, 1.54) is 20.1 Å². The molecule has 3 aromatic rings. The third-order valence-electron chi connectivity index (χ3n) is 4.38. The molecular weight excluding hydrogens is 396 g/mol. The molecule has 0 aliphatic carbocycles. The van der Waals surface area contributed by atoms with E-state index >= 15 is 0 Å². The second kappa shape index (κ2) is 9.94. The zero-order valence-corrected chi connectivity index (χ0v) is 17.0. The van der Waals surface area contributed by atoms with Gasteiger partial charge in [-0.1, -0.05) is 42.5 Å². The molecule has 7 nitrogen and oxygen atoms in total. The summed E-state index contributed by atoms with van der Waals surface area (Å²) in [6.45, 7) is 1.98. The minimum absolute atomic E-state index is 0.00429. The van der Waals surface area contributed by atoms with Crippen molar-refractivity contribution in [1.82, 2.24) is 0 Å². The maximum atomic E-state index is 12.2. The van der Waals surface area contributed by atoms with E-state index in [9.17, 15) is 14.9 Å². The Bertz CT molecular complexity index is 1140. The van der Waals surface area contributed by atoms with Crippen LogP contribution in [0, 0.1) is 18.3 Å². The predicted molar refractivity (Wildman–Crippen MR) is 114 cm³/mol. The molecule has 7 heteroatoms. The second-order valence-electron chi connectivity index (χ2n) is 6.51. The Morgan fingerprint density at radius 2 is 1.84 bits per heavy atom. The van der Waals surface area contributed by atoms with E-state index in [-0.39, 0.29) is 22.8 Å². The summed E-state index contributed by atoms with van der Waals surface area (Å²) in [6.07, 6.45) is 2.91. The van der Waals surface area contributed by atoms with Crippen molar-refractivity contribution in [1.29, 1.82) is 5.26 Å². The van der Waals surface area contributed by atoms with Crippen LogP contribution in [0.5, 0.6) is 5.75 Å². The summed E-state index contributed by atoms with van der Waals surface area (Å²) >= 11 is 0. The molecule has 3 rings (SSSR count). The number of nitriles is 1. The molecule has 0 aliphatic heterocycles. The molecule has 31 heavy (non-hydrogen) atoms. The molecule has 0 unspecified atom stereocenters. The number of anilines is 1. The van der Waals surface area contributed by atoms with Gasteiger partial charge in [-0.3, -0.25) is 10.1 Å². The summed E-state index contributed by atoms with van der Waals surface area (Å²) in [6, 6.07) is 19.0. The minimum atomic E-state index is -0.705. The smallest absolute Gasteiger partial charge is 0.342 e.